The number of ether oxygens (including phenoxy) is 1. The minimum atomic E-state index is -3.90. The first-order chi connectivity index (χ1) is 10.8. The standard InChI is InChI=1S/C13H18N2O7S/c1-10(17)22-9-7-11(6-8-16)14-23(20,21)13-4-2-12(3-5-13)15(18)19/h2-5,11,14,16H,6-9H2,1H3/t11-/m1/s1. The van der Waals surface area contributed by atoms with Crippen molar-refractivity contribution in [3.05, 3.63) is 34.4 Å². The van der Waals surface area contributed by atoms with Gasteiger partial charge in [0.2, 0.25) is 10.0 Å². The molecule has 0 saturated carbocycles. The van der Waals surface area contributed by atoms with Gasteiger partial charge in [-0.1, -0.05) is 0 Å². The fraction of sp³-hybridized carbons (Fsp3) is 0.462. The number of nitrogens with zero attached hydrogens (tertiary/aromatic N) is 1. The first-order valence-corrected chi connectivity index (χ1v) is 8.25. The van der Waals surface area contributed by atoms with E-state index in [2.05, 4.69) is 4.72 Å². The number of carbonyl (C=O) groups is 1. The van der Waals surface area contributed by atoms with E-state index < -0.39 is 27.0 Å². The van der Waals surface area contributed by atoms with Gasteiger partial charge >= 0.3 is 5.97 Å². The molecule has 2 N–H and O–H groups in total. The van der Waals surface area contributed by atoms with Crippen LogP contribution in [0.3, 0.4) is 0 Å². The molecule has 1 atom stereocenters. The Kier molecular flexibility index (Phi) is 7.07. The summed E-state index contributed by atoms with van der Waals surface area (Å²) < 4.78 is 31.6. The van der Waals surface area contributed by atoms with E-state index in [1.54, 1.807) is 0 Å². The topological polar surface area (TPSA) is 136 Å². The van der Waals surface area contributed by atoms with E-state index in [-0.39, 0.29) is 36.6 Å². The van der Waals surface area contributed by atoms with Crippen LogP contribution >= 0.6 is 0 Å². The number of sulfonamides is 1. The Labute approximate surface area is 133 Å². The molecule has 1 aromatic rings. The number of non-ortho nitro benzene ring substituents is 1. The van der Waals surface area contributed by atoms with Crippen molar-refractivity contribution in [2.75, 3.05) is 13.2 Å². The molecular formula is C13H18N2O7S. The Morgan fingerprint density at radius 2 is 1.96 bits per heavy atom. The molecule has 0 aliphatic heterocycles. The molecule has 9 nitrogen and oxygen atoms in total. The lowest BCUT2D eigenvalue weighted by atomic mass is 10.2. The molecular weight excluding hydrogens is 328 g/mol. The van der Waals surface area contributed by atoms with Gasteiger partial charge in [-0.25, -0.2) is 13.1 Å². The van der Waals surface area contributed by atoms with Crippen molar-refractivity contribution in [2.45, 2.75) is 30.7 Å². The third-order valence-electron chi connectivity index (χ3n) is 2.93. The lowest BCUT2D eigenvalue weighted by Gasteiger charge is -2.17. The van der Waals surface area contributed by atoms with Gasteiger partial charge in [0.1, 0.15) is 0 Å². The van der Waals surface area contributed by atoms with E-state index in [1.807, 2.05) is 0 Å². The smallest absolute Gasteiger partial charge is 0.302 e. The van der Waals surface area contributed by atoms with Crippen molar-refractivity contribution in [3.8, 4) is 0 Å². The second-order valence-corrected chi connectivity index (χ2v) is 6.42. The van der Waals surface area contributed by atoms with Crippen molar-refractivity contribution in [3.63, 3.8) is 0 Å². The molecule has 0 aromatic heterocycles. The number of benzene rings is 1. The highest BCUT2D eigenvalue weighted by molar-refractivity contribution is 7.89. The Balaban J connectivity index is 2.79. The molecule has 23 heavy (non-hydrogen) atoms. The predicted octanol–water partition coefficient (Wildman–Crippen LogP) is 0.577. The van der Waals surface area contributed by atoms with Crippen molar-refractivity contribution < 1.29 is 28.0 Å². The van der Waals surface area contributed by atoms with Gasteiger partial charge in [-0.05, 0) is 25.0 Å². The van der Waals surface area contributed by atoms with Gasteiger partial charge in [-0.3, -0.25) is 14.9 Å². The van der Waals surface area contributed by atoms with Crippen LogP contribution in [0.15, 0.2) is 29.2 Å². The van der Waals surface area contributed by atoms with Crippen molar-refractivity contribution in [1.29, 1.82) is 0 Å². The predicted molar refractivity (Wildman–Crippen MR) is 80.2 cm³/mol. The number of carbonyl (C=O) groups excluding carboxylic acids is 1. The van der Waals surface area contributed by atoms with Crippen LogP contribution in [0.25, 0.3) is 0 Å². The zero-order valence-electron chi connectivity index (χ0n) is 12.5. The number of nitro benzene ring substituents is 1. The molecule has 0 saturated heterocycles. The summed E-state index contributed by atoms with van der Waals surface area (Å²) in [4.78, 5) is 20.5. The van der Waals surface area contributed by atoms with Gasteiger partial charge in [0.05, 0.1) is 16.4 Å². The van der Waals surface area contributed by atoms with Crippen LogP contribution in [0.4, 0.5) is 5.69 Å². The summed E-state index contributed by atoms with van der Waals surface area (Å²) in [6, 6.07) is 3.81. The molecule has 0 heterocycles. The summed E-state index contributed by atoms with van der Waals surface area (Å²) >= 11 is 0. The van der Waals surface area contributed by atoms with Crippen molar-refractivity contribution in [1.82, 2.24) is 4.72 Å². The summed E-state index contributed by atoms with van der Waals surface area (Å²) in [5.74, 6) is -0.481. The van der Waals surface area contributed by atoms with Crippen LogP contribution in [0, 0.1) is 10.1 Å². The van der Waals surface area contributed by atoms with E-state index in [1.165, 1.54) is 6.92 Å². The average Bonchev–Trinajstić information content (AvgIpc) is 2.46. The molecule has 0 amide bonds. The zero-order chi connectivity index (χ0) is 17.5. The second kappa shape index (κ2) is 8.56. The molecule has 0 spiro atoms. The summed E-state index contributed by atoms with van der Waals surface area (Å²) in [5.41, 5.74) is -0.217. The maximum absolute atomic E-state index is 12.2. The van der Waals surface area contributed by atoms with Gasteiger partial charge in [0, 0.05) is 31.7 Å². The minimum Gasteiger partial charge on any atom is -0.466 e. The van der Waals surface area contributed by atoms with Crippen LogP contribution in [0.5, 0.6) is 0 Å². The van der Waals surface area contributed by atoms with Crippen molar-refractivity contribution in [2.24, 2.45) is 0 Å². The second-order valence-electron chi connectivity index (χ2n) is 4.71. The van der Waals surface area contributed by atoms with Crippen LogP contribution < -0.4 is 4.72 Å². The van der Waals surface area contributed by atoms with E-state index >= 15 is 0 Å². The Bertz CT molecular complexity index is 643. The summed E-state index contributed by atoms with van der Waals surface area (Å²) in [6.07, 6.45) is 0.347. The minimum absolute atomic E-state index is 0.0166. The largest absolute Gasteiger partial charge is 0.466 e. The van der Waals surface area contributed by atoms with Crippen molar-refractivity contribution >= 4 is 21.7 Å². The number of rotatable bonds is 9. The maximum atomic E-state index is 12.2. The monoisotopic (exact) mass is 346 g/mol. The number of hydrogen-bond donors (Lipinski definition) is 2. The van der Waals surface area contributed by atoms with E-state index in [0.717, 1.165) is 24.3 Å². The molecule has 0 unspecified atom stereocenters. The fourth-order valence-corrected chi connectivity index (χ4v) is 3.10. The molecule has 0 aliphatic rings. The van der Waals surface area contributed by atoms with Gasteiger partial charge < -0.3 is 9.84 Å². The van der Waals surface area contributed by atoms with Gasteiger partial charge in [0.15, 0.2) is 0 Å². The third-order valence-corrected chi connectivity index (χ3v) is 4.47. The van der Waals surface area contributed by atoms with E-state index in [4.69, 9.17) is 9.84 Å². The number of nitro groups is 1. The highest BCUT2D eigenvalue weighted by atomic mass is 32.2. The molecule has 1 aromatic carbocycles. The summed E-state index contributed by atoms with van der Waals surface area (Å²) in [7, 11) is -3.90. The Hall–Kier alpha value is -2.04. The zero-order valence-corrected chi connectivity index (χ0v) is 13.3. The van der Waals surface area contributed by atoms with E-state index in [9.17, 15) is 23.3 Å². The molecule has 128 valence electrons. The Morgan fingerprint density at radius 3 is 2.43 bits per heavy atom. The first kappa shape index (κ1) is 19.0. The number of aliphatic hydroxyl groups is 1. The molecule has 0 bridgehead atoms. The first-order valence-electron chi connectivity index (χ1n) is 6.77. The molecule has 1 rings (SSSR count). The normalized spacial score (nSPS) is 12.6. The molecule has 10 heteroatoms. The lowest BCUT2D eigenvalue weighted by Crippen LogP contribution is -2.36. The molecule has 0 fully saturated rings. The van der Waals surface area contributed by atoms with E-state index in [0.29, 0.717) is 0 Å². The van der Waals surface area contributed by atoms with Gasteiger partial charge in [-0.2, -0.15) is 0 Å². The summed E-state index contributed by atoms with van der Waals surface area (Å²) in [5, 5.41) is 19.6. The quantitative estimate of drug-likeness (QED) is 0.379. The number of aliphatic hydroxyl groups excluding tert-OH is 1. The van der Waals surface area contributed by atoms with Crippen LogP contribution in [0.2, 0.25) is 0 Å². The Morgan fingerprint density at radius 1 is 1.35 bits per heavy atom. The highest BCUT2D eigenvalue weighted by Gasteiger charge is 2.21. The van der Waals surface area contributed by atoms with Crippen LogP contribution in [0.1, 0.15) is 19.8 Å². The number of hydrogen-bond acceptors (Lipinski definition) is 7. The lowest BCUT2D eigenvalue weighted by molar-refractivity contribution is -0.384. The number of nitrogens with one attached hydrogen (secondary N) is 1. The number of esters is 1. The fourth-order valence-electron chi connectivity index (χ4n) is 1.80. The highest BCUT2D eigenvalue weighted by Crippen LogP contribution is 2.16. The third kappa shape index (κ3) is 6.30. The van der Waals surface area contributed by atoms with Gasteiger partial charge in [0.25, 0.3) is 5.69 Å². The van der Waals surface area contributed by atoms with Crippen LogP contribution in [-0.4, -0.2) is 43.7 Å². The molecule has 0 aliphatic carbocycles. The summed E-state index contributed by atoms with van der Waals surface area (Å²) in [6.45, 7) is 1.01. The SMILES string of the molecule is CC(=O)OCC[C@@H](CCO)NS(=O)(=O)c1ccc([N+](=O)[O-])cc1. The van der Waals surface area contributed by atoms with Gasteiger partial charge in [-0.15, -0.1) is 0 Å². The molecule has 0 radical (unpaired) electrons. The average molecular weight is 346 g/mol. The van der Waals surface area contributed by atoms with Crippen LogP contribution in [-0.2, 0) is 19.6 Å². The maximum Gasteiger partial charge on any atom is 0.302 e.